The second kappa shape index (κ2) is 5.73. The van der Waals surface area contributed by atoms with E-state index in [-0.39, 0.29) is 4.90 Å². The van der Waals surface area contributed by atoms with Crippen LogP contribution < -0.4 is 9.46 Å². The summed E-state index contributed by atoms with van der Waals surface area (Å²) in [5.41, 5.74) is 2.16. The first-order valence-electron chi connectivity index (χ1n) is 6.45. The van der Waals surface area contributed by atoms with Gasteiger partial charge in [0.2, 0.25) is 0 Å². The zero-order valence-electron chi connectivity index (χ0n) is 12.5. The van der Waals surface area contributed by atoms with Gasteiger partial charge in [-0.25, -0.2) is 13.4 Å². The number of nitrogens with one attached hydrogen (secondary N) is 1. The minimum atomic E-state index is -3.68. The number of anilines is 1. The molecule has 0 saturated heterocycles. The molecule has 0 fully saturated rings. The molecule has 1 heterocycles. The largest absolute Gasteiger partial charge is 0.496 e. The summed E-state index contributed by atoms with van der Waals surface area (Å²) in [6.45, 7) is 5.35. The van der Waals surface area contributed by atoms with Crippen molar-refractivity contribution in [2.45, 2.75) is 25.7 Å². The number of hydrogen-bond donors (Lipinski definition) is 1. The highest BCUT2D eigenvalue weighted by Gasteiger charge is 2.20. The highest BCUT2D eigenvalue weighted by molar-refractivity contribution is 7.92. The summed E-state index contributed by atoms with van der Waals surface area (Å²) in [5, 5.41) is 0. The number of hydrogen-bond acceptors (Lipinski definition) is 4. The van der Waals surface area contributed by atoms with Crippen molar-refractivity contribution in [2.75, 3.05) is 11.8 Å². The third-order valence-electron chi connectivity index (χ3n) is 3.22. The Bertz CT molecular complexity index is 770. The fourth-order valence-electron chi connectivity index (χ4n) is 2.05. The molecule has 0 spiro atoms. The van der Waals surface area contributed by atoms with Crippen LogP contribution in [0.15, 0.2) is 35.4 Å². The van der Waals surface area contributed by atoms with Crippen molar-refractivity contribution in [3.63, 3.8) is 0 Å². The minimum absolute atomic E-state index is 0.228. The lowest BCUT2D eigenvalue weighted by Crippen LogP contribution is -2.16. The number of pyridine rings is 1. The predicted octanol–water partition coefficient (Wildman–Crippen LogP) is 2.82. The highest BCUT2D eigenvalue weighted by Crippen LogP contribution is 2.27. The molecule has 1 aromatic heterocycles. The van der Waals surface area contributed by atoms with Crippen molar-refractivity contribution in [3.8, 4) is 5.75 Å². The average molecular weight is 306 g/mol. The monoisotopic (exact) mass is 306 g/mol. The number of aryl methyl sites for hydroxylation is 3. The smallest absolute Gasteiger partial charge is 0.263 e. The molecule has 21 heavy (non-hydrogen) atoms. The normalized spacial score (nSPS) is 11.2. The maximum Gasteiger partial charge on any atom is 0.263 e. The van der Waals surface area contributed by atoms with Gasteiger partial charge in [0.05, 0.1) is 12.0 Å². The molecule has 2 rings (SSSR count). The fourth-order valence-corrected chi connectivity index (χ4v) is 3.44. The summed E-state index contributed by atoms with van der Waals surface area (Å²) >= 11 is 0. The molecule has 0 bridgehead atoms. The lowest BCUT2D eigenvalue weighted by atomic mass is 10.1. The van der Waals surface area contributed by atoms with Gasteiger partial charge in [-0.05, 0) is 55.7 Å². The number of nitrogens with zero attached hydrogens (tertiary/aromatic N) is 1. The van der Waals surface area contributed by atoms with Gasteiger partial charge in [0.15, 0.2) is 0 Å². The second-order valence-corrected chi connectivity index (χ2v) is 6.51. The fraction of sp³-hybridized carbons (Fsp3) is 0.267. The zero-order valence-corrected chi connectivity index (χ0v) is 13.3. The number of rotatable bonds is 4. The Balaban J connectivity index is 2.45. The van der Waals surface area contributed by atoms with E-state index < -0.39 is 10.0 Å². The van der Waals surface area contributed by atoms with Crippen molar-refractivity contribution >= 4 is 15.8 Å². The maximum absolute atomic E-state index is 12.5. The van der Waals surface area contributed by atoms with E-state index in [1.165, 1.54) is 0 Å². The Hall–Kier alpha value is -2.08. The topological polar surface area (TPSA) is 68.3 Å². The molecule has 0 amide bonds. The van der Waals surface area contributed by atoms with E-state index in [0.29, 0.717) is 17.1 Å². The Morgan fingerprint density at radius 3 is 2.43 bits per heavy atom. The van der Waals surface area contributed by atoms with Crippen molar-refractivity contribution in [1.29, 1.82) is 0 Å². The van der Waals surface area contributed by atoms with Crippen molar-refractivity contribution < 1.29 is 13.2 Å². The van der Waals surface area contributed by atoms with Crippen LogP contribution >= 0.6 is 0 Å². The number of methoxy groups -OCH3 is 1. The molecule has 2 aromatic rings. The van der Waals surface area contributed by atoms with Gasteiger partial charge < -0.3 is 4.74 Å². The van der Waals surface area contributed by atoms with Crippen LogP contribution in [0.5, 0.6) is 5.75 Å². The van der Waals surface area contributed by atoms with Crippen LogP contribution in [0, 0.1) is 20.8 Å². The van der Waals surface area contributed by atoms with Crippen LogP contribution in [0.2, 0.25) is 0 Å². The van der Waals surface area contributed by atoms with Gasteiger partial charge in [-0.2, -0.15) is 0 Å². The predicted molar refractivity (Wildman–Crippen MR) is 82.3 cm³/mol. The lowest BCUT2D eigenvalue weighted by molar-refractivity contribution is 0.411. The molecule has 0 aliphatic heterocycles. The van der Waals surface area contributed by atoms with Crippen LogP contribution in [0.4, 0.5) is 5.82 Å². The van der Waals surface area contributed by atoms with E-state index in [1.807, 2.05) is 6.92 Å². The molecule has 0 atom stereocenters. The lowest BCUT2D eigenvalue weighted by Gasteiger charge is -2.13. The van der Waals surface area contributed by atoms with Crippen molar-refractivity contribution in [1.82, 2.24) is 4.98 Å². The minimum Gasteiger partial charge on any atom is -0.496 e. The van der Waals surface area contributed by atoms with Crippen LogP contribution in [0.3, 0.4) is 0 Å². The molecule has 1 N–H and O–H groups in total. The van der Waals surface area contributed by atoms with Crippen LogP contribution in [-0.2, 0) is 10.0 Å². The molecule has 0 unspecified atom stereocenters. The van der Waals surface area contributed by atoms with Gasteiger partial charge in [0.1, 0.15) is 11.6 Å². The van der Waals surface area contributed by atoms with Gasteiger partial charge in [0.25, 0.3) is 10.0 Å². The molecule has 0 aliphatic rings. The number of aromatic nitrogens is 1. The van der Waals surface area contributed by atoms with Crippen LogP contribution in [0.25, 0.3) is 0 Å². The summed E-state index contributed by atoms with van der Waals surface area (Å²) in [6, 6.07) is 6.89. The number of benzene rings is 1. The van der Waals surface area contributed by atoms with Gasteiger partial charge >= 0.3 is 0 Å². The Morgan fingerprint density at radius 1 is 1.10 bits per heavy atom. The summed E-state index contributed by atoms with van der Waals surface area (Å²) in [5.74, 6) is 1.01. The first-order valence-corrected chi connectivity index (χ1v) is 7.93. The average Bonchev–Trinajstić information content (AvgIpc) is 2.43. The standard InChI is InChI=1S/C15H18N2O3S/c1-10-6-5-7-16-15(10)17-21(18,19)14-9-11(2)13(20-4)8-12(14)3/h5-9H,1-4H3,(H,16,17). The van der Waals surface area contributed by atoms with E-state index in [1.54, 1.807) is 51.4 Å². The van der Waals surface area contributed by atoms with Gasteiger partial charge in [-0.15, -0.1) is 0 Å². The van der Waals surface area contributed by atoms with E-state index >= 15 is 0 Å². The molecule has 1 aromatic carbocycles. The van der Waals surface area contributed by atoms with Crippen LogP contribution in [0.1, 0.15) is 16.7 Å². The second-order valence-electron chi connectivity index (χ2n) is 4.86. The molecule has 6 heteroatoms. The van der Waals surface area contributed by atoms with E-state index in [4.69, 9.17) is 4.74 Å². The third-order valence-corrected chi connectivity index (χ3v) is 4.70. The third kappa shape index (κ3) is 3.16. The summed E-state index contributed by atoms with van der Waals surface area (Å²) in [7, 11) is -2.12. The molecule has 0 saturated carbocycles. The molecule has 0 radical (unpaired) electrons. The highest BCUT2D eigenvalue weighted by atomic mass is 32.2. The molecule has 5 nitrogen and oxygen atoms in total. The Labute approximate surface area is 125 Å². The number of sulfonamides is 1. The van der Waals surface area contributed by atoms with E-state index in [0.717, 1.165) is 11.1 Å². The van der Waals surface area contributed by atoms with Crippen molar-refractivity contribution in [2.24, 2.45) is 0 Å². The first kappa shape index (κ1) is 15.3. The van der Waals surface area contributed by atoms with Gasteiger partial charge in [-0.3, -0.25) is 4.72 Å². The summed E-state index contributed by atoms with van der Waals surface area (Å²) < 4.78 is 32.8. The van der Waals surface area contributed by atoms with Crippen molar-refractivity contribution in [3.05, 3.63) is 47.2 Å². The Morgan fingerprint density at radius 2 is 1.81 bits per heavy atom. The molecule has 112 valence electrons. The summed E-state index contributed by atoms with van der Waals surface area (Å²) in [6.07, 6.45) is 1.55. The van der Waals surface area contributed by atoms with E-state index in [2.05, 4.69) is 9.71 Å². The zero-order chi connectivity index (χ0) is 15.6. The molecular weight excluding hydrogens is 288 g/mol. The van der Waals surface area contributed by atoms with Crippen LogP contribution in [-0.4, -0.2) is 20.5 Å². The SMILES string of the molecule is COc1cc(C)c(S(=O)(=O)Nc2ncccc2C)cc1C. The van der Waals surface area contributed by atoms with Gasteiger partial charge in [-0.1, -0.05) is 6.07 Å². The molecule has 0 aliphatic carbocycles. The quantitative estimate of drug-likeness (QED) is 0.943. The Kier molecular flexibility index (Phi) is 4.18. The first-order chi connectivity index (χ1) is 9.85. The van der Waals surface area contributed by atoms with E-state index in [9.17, 15) is 8.42 Å². The summed E-state index contributed by atoms with van der Waals surface area (Å²) in [4.78, 5) is 4.29. The molecular formula is C15H18N2O3S. The van der Waals surface area contributed by atoms with Gasteiger partial charge in [0, 0.05) is 6.20 Å². The maximum atomic E-state index is 12.5. The number of ether oxygens (including phenoxy) is 1.